The third-order valence-corrected chi connectivity index (χ3v) is 7.21. The van der Waals surface area contributed by atoms with E-state index in [0.717, 1.165) is 35.0 Å². The molecule has 0 saturated carbocycles. The molecule has 2 aliphatic heterocycles. The molecule has 1 aromatic heterocycles. The van der Waals surface area contributed by atoms with Crippen LogP contribution in [0.4, 0.5) is 16.3 Å². The van der Waals surface area contributed by atoms with Gasteiger partial charge in [-0.1, -0.05) is 41.9 Å². The lowest BCUT2D eigenvalue weighted by atomic mass is 10.1. The Morgan fingerprint density at radius 3 is 2.58 bits per heavy atom. The first-order chi connectivity index (χ1) is 17.5. The van der Waals surface area contributed by atoms with Crippen molar-refractivity contribution in [3.05, 3.63) is 65.2 Å². The highest BCUT2D eigenvalue weighted by atomic mass is 35.5. The number of nitrogens with two attached hydrogens (primary N) is 1. The molecule has 0 spiro atoms. The van der Waals surface area contributed by atoms with Gasteiger partial charge in [0.15, 0.2) is 0 Å². The van der Waals surface area contributed by atoms with Gasteiger partial charge in [0.25, 0.3) is 0 Å². The Balaban J connectivity index is 1.21. The van der Waals surface area contributed by atoms with E-state index in [1.54, 1.807) is 4.90 Å². The lowest BCUT2D eigenvalue weighted by Gasteiger charge is -2.37. The maximum Gasteiger partial charge on any atom is 0.318 e. The van der Waals surface area contributed by atoms with Crippen LogP contribution in [0.1, 0.15) is 24.8 Å². The molecule has 188 valence electrons. The number of nitrogens with zero attached hydrogens (tertiary/aromatic N) is 4. The molecule has 1 unspecified atom stereocenters. The number of anilines is 2. The molecule has 3 heterocycles. The first kappa shape index (κ1) is 24.2. The fourth-order valence-electron chi connectivity index (χ4n) is 5.06. The van der Waals surface area contributed by atoms with Gasteiger partial charge in [-0.3, -0.25) is 4.79 Å². The molecule has 1 atom stereocenters. The largest absolute Gasteiger partial charge is 0.384 e. The number of fused-ring (bicyclic) bond motifs is 1. The van der Waals surface area contributed by atoms with Gasteiger partial charge in [-0.15, -0.1) is 0 Å². The fourth-order valence-corrected chi connectivity index (χ4v) is 5.22. The smallest absolute Gasteiger partial charge is 0.318 e. The molecule has 2 saturated heterocycles. The van der Waals surface area contributed by atoms with E-state index in [2.05, 4.69) is 15.2 Å². The summed E-state index contributed by atoms with van der Waals surface area (Å²) in [6, 6.07) is 16.8. The summed E-state index contributed by atoms with van der Waals surface area (Å²) in [6.07, 6.45) is 2.52. The summed E-state index contributed by atoms with van der Waals surface area (Å²) < 4.78 is 0. The Bertz CT molecular complexity index is 1240. The van der Waals surface area contributed by atoms with Crippen molar-refractivity contribution in [2.45, 2.75) is 31.8 Å². The molecular weight excluding hydrogens is 476 g/mol. The average molecular weight is 507 g/mol. The van der Waals surface area contributed by atoms with E-state index >= 15 is 0 Å². The van der Waals surface area contributed by atoms with Crippen molar-refractivity contribution in [2.75, 3.05) is 43.4 Å². The number of amides is 3. The number of pyridine rings is 1. The Kier molecular flexibility index (Phi) is 7.13. The number of benzene rings is 2. The molecule has 3 N–H and O–H groups in total. The number of nitrogen functional groups attached to an aromatic ring is 1. The molecule has 0 bridgehead atoms. The fraction of sp³-hybridized carbons (Fsp3) is 0.370. The first-order valence-electron chi connectivity index (χ1n) is 12.5. The molecule has 2 aromatic carbocycles. The Morgan fingerprint density at radius 2 is 1.81 bits per heavy atom. The molecule has 5 rings (SSSR count). The second-order valence-corrected chi connectivity index (χ2v) is 9.88. The zero-order valence-electron chi connectivity index (χ0n) is 20.2. The molecule has 8 nitrogen and oxygen atoms in total. The van der Waals surface area contributed by atoms with E-state index in [1.807, 2.05) is 59.5 Å². The minimum Gasteiger partial charge on any atom is -0.384 e. The van der Waals surface area contributed by atoms with Crippen molar-refractivity contribution in [3.63, 3.8) is 0 Å². The zero-order valence-corrected chi connectivity index (χ0v) is 21.0. The standard InChI is InChI=1S/C27H31ClN6O2/c28-20-9-10-21-23(16-20)30-25(29)17-24(21)32-12-14-33(15-13-32)27(36)31-22-8-4-5-11-34(26(22)35)18-19-6-2-1-3-7-19/h1-3,6-7,9-10,16-17,22H,4-5,8,11-15,18H2,(H2,29,30)(H,31,36). The lowest BCUT2D eigenvalue weighted by molar-refractivity contribution is -0.133. The summed E-state index contributed by atoms with van der Waals surface area (Å²) in [5.74, 6) is 0.438. The third kappa shape index (κ3) is 5.33. The number of aromatic nitrogens is 1. The predicted molar refractivity (Wildman–Crippen MR) is 143 cm³/mol. The molecule has 36 heavy (non-hydrogen) atoms. The average Bonchev–Trinajstić information content (AvgIpc) is 3.05. The first-order valence-corrected chi connectivity index (χ1v) is 12.8. The van der Waals surface area contributed by atoms with E-state index in [0.29, 0.717) is 56.5 Å². The van der Waals surface area contributed by atoms with E-state index < -0.39 is 6.04 Å². The van der Waals surface area contributed by atoms with Crippen molar-refractivity contribution < 1.29 is 9.59 Å². The maximum atomic E-state index is 13.2. The normalized spacial score (nSPS) is 18.9. The monoisotopic (exact) mass is 506 g/mol. The van der Waals surface area contributed by atoms with Crippen molar-refractivity contribution in [3.8, 4) is 0 Å². The number of nitrogens with one attached hydrogen (secondary N) is 1. The minimum atomic E-state index is -0.490. The molecule has 0 radical (unpaired) electrons. The Hall–Kier alpha value is -3.52. The Labute approximate surface area is 216 Å². The zero-order chi connectivity index (χ0) is 25.1. The molecule has 9 heteroatoms. The summed E-state index contributed by atoms with van der Waals surface area (Å²) >= 11 is 6.14. The highest BCUT2D eigenvalue weighted by Gasteiger charge is 2.31. The molecule has 3 amide bonds. The van der Waals surface area contributed by atoms with Gasteiger partial charge < -0.3 is 25.8 Å². The van der Waals surface area contributed by atoms with Crippen LogP contribution in [0.3, 0.4) is 0 Å². The molecule has 2 aliphatic rings. The van der Waals surface area contributed by atoms with Gasteiger partial charge in [-0.05, 0) is 43.0 Å². The number of likely N-dealkylation sites (tertiary alicyclic amines) is 1. The SMILES string of the molecule is Nc1cc(N2CCN(C(=O)NC3CCCCN(Cc4ccccc4)C3=O)CC2)c2ccc(Cl)cc2n1. The summed E-state index contributed by atoms with van der Waals surface area (Å²) in [5.41, 5.74) is 8.90. The van der Waals surface area contributed by atoms with E-state index in [1.165, 1.54) is 0 Å². The summed E-state index contributed by atoms with van der Waals surface area (Å²) in [5, 5.41) is 4.62. The number of halogens is 1. The van der Waals surface area contributed by atoms with Crippen molar-refractivity contribution in [1.29, 1.82) is 0 Å². The Morgan fingerprint density at radius 1 is 1.03 bits per heavy atom. The van der Waals surface area contributed by atoms with Crippen LogP contribution in [0, 0.1) is 0 Å². The van der Waals surface area contributed by atoms with Crippen LogP contribution < -0.4 is 16.0 Å². The van der Waals surface area contributed by atoms with Crippen LogP contribution in [-0.4, -0.2) is 65.5 Å². The predicted octanol–water partition coefficient (Wildman–Crippen LogP) is 3.88. The van der Waals surface area contributed by atoms with Gasteiger partial charge >= 0.3 is 6.03 Å². The van der Waals surface area contributed by atoms with Crippen molar-refractivity contribution in [1.82, 2.24) is 20.1 Å². The van der Waals surface area contributed by atoms with Crippen LogP contribution in [0.15, 0.2) is 54.6 Å². The van der Waals surface area contributed by atoms with Gasteiger partial charge in [0, 0.05) is 61.4 Å². The molecule has 2 fully saturated rings. The number of rotatable bonds is 4. The molecule has 0 aliphatic carbocycles. The number of hydrogen-bond acceptors (Lipinski definition) is 5. The van der Waals surface area contributed by atoms with Crippen molar-refractivity contribution >= 4 is 45.9 Å². The van der Waals surface area contributed by atoms with Crippen molar-refractivity contribution in [2.24, 2.45) is 0 Å². The number of hydrogen-bond donors (Lipinski definition) is 2. The quantitative estimate of drug-likeness (QED) is 0.560. The van der Waals surface area contributed by atoms with Crippen LogP contribution in [-0.2, 0) is 11.3 Å². The van der Waals surface area contributed by atoms with E-state index in [9.17, 15) is 9.59 Å². The maximum absolute atomic E-state index is 13.2. The molecule has 3 aromatic rings. The van der Waals surface area contributed by atoms with Gasteiger partial charge in [0.1, 0.15) is 11.9 Å². The molecular formula is C27H31ClN6O2. The topological polar surface area (TPSA) is 94.8 Å². The van der Waals surface area contributed by atoms with Crippen LogP contribution >= 0.6 is 11.6 Å². The lowest BCUT2D eigenvalue weighted by Crippen LogP contribution is -2.56. The van der Waals surface area contributed by atoms with Gasteiger partial charge in [-0.2, -0.15) is 0 Å². The van der Waals surface area contributed by atoms with E-state index in [4.69, 9.17) is 17.3 Å². The van der Waals surface area contributed by atoms with Crippen LogP contribution in [0.5, 0.6) is 0 Å². The second kappa shape index (κ2) is 10.6. The van der Waals surface area contributed by atoms with Crippen LogP contribution in [0.2, 0.25) is 5.02 Å². The highest BCUT2D eigenvalue weighted by molar-refractivity contribution is 6.31. The highest BCUT2D eigenvalue weighted by Crippen LogP contribution is 2.30. The second-order valence-electron chi connectivity index (χ2n) is 9.45. The van der Waals surface area contributed by atoms with Gasteiger partial charge in [0.05, 0.1) is 5.52 Å². The van der Waals surface area contributed by atoms with Gasteiger partial charge in [-0.25, -0.2) is 9.78 Å². The number of carbonyl (C=O) groups excluding carboxylic acids is 2. The summed E-state index contributed by atoms with van der Waals surface area (Å²) in [4.78, 5) is 36.6. The summed E-state index contributed by atoms with van der Waals surface area (Å²) in [7, 11) is 0. The minimum absolute atomic E-state index is 0.000676. The third-order valence-electron chi connectivity index (χ3n) is 6.97. The van der Waals surface area contributed by atoms with Crippen LogP contribution in [0.25, 0.3) is 10.9 Å². The number of piperazine rings is 1. The van der Waals surface area contributed by atoms with Gasteiger partial charge in [0.2, 0.25) is 5.91 Å². The number of carbonyl (C=O) groups is 2. The number of urea groups is 1. The summed E-state index contributed by atoms with van der Waals surface area (Å²) in [6.45, 7) is 3.71. The van der Waals surface area contributed by atoms with E-state index in [-0.39, 0.29) is 11.9 Å².